The van der Waals surface area contributed by atoms with Gasteiger partial charge in [0, 0.05) is 33.7 Å². The van der Waals surface area contributed by atoms with Gasteiger partial charge >= 0.3 is 11.9 Å². The highest BCUT2D eigenvalue weighted by Crippen LogP contribution is 2.60. The first-order valence-electron chi connectivity index (χ1n) is 1.29. The Bertz CT molecular complexity index is 104. The van der Waals surface area contributed by atoms with Crippen LogP contribution in [0.15, 0.2) is 0 Å². The molecule has 0 spiro atoms. The second-order valence-corrected chi connectivity index (χ2v) is 11.6. The van der Waals surface area contributed by atoms with E-state index < -0.39 is 11.9 Å². The average molecular weight is 290 g/mol. The first-order chi connectivity index (χ1) is 3.42. The summed E-state index contributed by atoms with van der Waals surface area (Å²) in [6.45, 7) is -1.34. The van der Waals surface area contributed by atoms with Crippen molar-refractivity contribution in [2.45, 2.75) is 0 Å². The second kappa shape index (κ2) is 5.98. The van der Waals surface area contributed by atoms with Crippen molar-refractivity contribution in [3.63, 3.8) is 0 Å². The summed E-state index contributed by atoms with van der Waals surface area (Å²) < 4.78 is 2.39. The molecule has 0 bridgehead atoms. The summed E-state index contributed by atoms with van der Waals surface area (Å²) in [5.41, 5.74) is 0. The maximum absolute atomic E-state index is 5.31. The molecule has 0 amide bonds. The van der Waals surface area contributed by atoms with Crippen LogP contribution in [0.3, 0.4) is 0 Å². The van der Waals surface area contributed by atoms with Gasteiger partial charge in [0.25, 0.3) is 0 Å². The molecule has 0 aliphatic carbocycles. The maximum Gasteiger partial charge on any atom is 0.380 e. The van der Waals surface area contributed by atoms with Gasteiger partial charge in [0.15, 0.2) is 0 Å². The van der Waals surface area contributed by atoms with E-state index in [1.54, 1.807) is 0 Å². The zero-order valence-electron chi connectivity index (χ0n) is 3.66. The van der Waals surface area contributed by atoms with Gasteiger partial charge in [-0.2, -0.15) is 4.52 Å². The van der Waals surface area contributed by atoms with E-state index in [0.29, 0.717) is 0 Å². The summed E-state index contributed by atoms with van der Waals surface area (Å²) in [5.74, 6) is 0. The molecule has 0 aliphatic rings. The average Bonchev–Trinajstić information content (AvgIpc) is 1.21. The number of rotatable bonds is 1. The first kappa shape index (κ1) is 14.0. The quantitative estimate of drug-likeness (QED) is 0.674. The molecule has 1 nitrogen and oxygen atoms in total. The molecule has 9 heteroatoms. The van der Waals surface area contributed by atoms with Crippen LogP contribution in [0.5, 0.6) is 0 Å². The van der Waals surface area contributed by atoms with Crippen LogP contribution < -0.4 is 16.9 Å². The summed E-state index contributed by atoms with van der Waals surface area (Å²) in [4.78, 5) is 0. The van der Waals surface area contributed by atoms with E-state index in [0.717, 1.165) is 0 Å². The van der Waals surface area contributed by atoms with Gasteiger partial charge in [-0.15, -0.1) is 0 Å². The van der Waals surface area contributed by atoms with Crippen LogP contribution in [-0.2, 0) is 0 Å². The lowest BCUT2D eigenvalue weighted by Gasteiger charge is -1.86. The highest BCUT2D eigenvalue weighted by molar-refractivity contribution is 8.25. The summed E-state index contributed by atoms with van der Waals surface area (Å²) >= 11 is 26.4. The molecule has 0 saturated heterocycles. The fourth-order valence-electron chi connectivity index (χ4n) is 0.0857. The molecule has 0 unspecified atom stereocenters. The minimum Gasteiger partial charge on any atom is -1.00 e. The van der Waals surface area contributed by atoms with Gasteiger partial charge in [0.1, 0.15) is 0 Å². The normalized spacial score (nSPS) is 10.9. The van der Waals surface area contributed by atoms with Crippen molar-refractivity contribution >= 4 is 68.1 Å². The molecule has 58 valence electrons. The van der Waals surface area contributed by atoms with Crippen LogP contribution in [0.1, 0.15) is 0 Å². The highest BCUT2D eigenvalue weighted by Gasteiger charge is 2.17. The molecular weight excluding hydrogens is 289 g/mol. The molecule has 0 saturated carbocycles. The third-order valence-corrected chi connectivity index (χ3v) is 5.10. The maximum atomic E-state index is 5.31. The van der Waals surface area contributed by atoms with Crippen molar-refractivity contribution in [1.29, 1.82) is 0 Å². The van der Waals surface area contributed by atoms with Crippen molar-refractivity contribution < 1.29 is 16.9 Å². The summed E-state index contributed by atoms with van der Waals surface area (Å²) in [5, 5.41) is -2.54. The number of nitrogens with one attached hydrogen (secondary N) is 1. The third-order valence-electron chi connectivity index (χ3n) is 0.189. The molecular formula is HCl6NP2. The molecule has 0 radical (unpaired) electrons. The van der Waals surface area contributed by atoms with Crippen LogP contribution in [0.2, 0.25) is 0 Å². The van der Waals surface area contributed by atoms with Gasteiger partial charge in [-0.05, 0) is 22.5 Å². The van der Waals surface area contributed by atoms with Crippen LogP contribution in [0, 0.1) is 0 Å². The Morgan fingerprint density at radius 2 is 1.44 bits per heavy atom. The fourth-order valence-corrected chi connectivity index (χ4v) is 6.94. The van der Waals surface area contributed by atoms with E-state index in [4.69, 9.17) is 56.2 Å². The van der Waals surface area contributed by atoms with Crippen LogP contribution >= 0.6 is 68.1 Å². The molecule has 9 heavy (non-hydrogen) atoms. The standard InChI is InChI=1S/Cl5NP2.ClH/c1-7(2)6-8(3,4)5;/h;1H. The van der Waals surface area contributed by atoms with Gasteiger partial charge in [0.2, 0.25) is 0 Å². The van der Waals surface area contributed by atoms with E-state index in [1.807, 2.05) is 0 Å². The summed E-state index contributed by atoms with van der Waals surface area (Å²) in [6.07, 6.45) is 0. The van der Waals surface area contributed by atoms with Gasteiger partial charge in [0.05, 0.1) is 0 Å². The Labute approximate surface area is 84.6 Å². The number of halogens is 6. The molecule has 0 atom stereocenters. The molecule has 0 fully saturated rings. The minimum absolute atomic E-state index is 0. The highest BCUT2D eigenvalue weighted by atomic mass is 36.0. The number of hydrogen-bond acceptors (Lipinski definition) is 0. The zero-order valence-corrected chi connectivity index (χ0v) is 9.99. The Morgan fingerprint density at radius 3 is 1.44 bits per heavy atom. The summed E-state index contributed by atoms with van der Waals surface area (Å²) in [6, 6.07) is 0. The third kappa shape index (κ3) is 13.4. The first-order valence-corrected chi connectivity index (χ1v) is 8.95. The predicted octanol–water partition coefficient (Wildman–Crippen LogP) is 0.438. The molecule has 0 aromatic carbocycles. The van der Waals surface area contributed by atoms with Gasteiger partial charge in [-0.25, -0.2) is 0 Å². The molecule has 0 heterocycles. The van der Waals surface area contributed by atoms with E-state index in [1.165, 1.54) is 0 Å². The Balaban J connectivity index is 0. The van der Waals surface area contributed by atoms with Crippen LogP contribution in [0.25, 0.3) is 0 Å². The lowest BCUT2D eigenvalue weighted by molar-refractivity contribution is -0.222. The van der Waals surface area contributed by atoms with Gasteiger partial charge in [-0.3, -0.25) is 0 Å². The van der Waals surface area contributed by atoms with Crippen molar-refractivity contribution in [3.8, 4) is 0 Å². The van der Waals surface area contributed by atoms with Crippen LogP contribution in [0.4, 0.5) is 0 Å². The smallest absolute Gasteiger partial charge is 0.380 e. The van der Waals surface area contributed by atoms with Crippen molar-refractivity contribution in [1.82, 2.24) is 0 Å². The molecule has 1 N–H and O–H groups in total. The topological polar surface area (TPSA) is 14.0 Å². The summed E-state index contributed by atoms with van der Waals surface area (Å²) in [7, 11) is 0. The number of hydrogen-bond donors (Lipinski definition) is 1. The predicted molar refractivity (Wildman–Crippen MR) is 44.1 cm³/mol. The van der Waals surface area contributed by atoms with E-state index in [9.17, 15) is 0 Å². The molecule has 0 aliphatic heterocycles. The minimum atomic E-state index is -2.54. The van der Waals surface area contributed by atoms with E-state index >= 15 is 0 Å². The van der Waals surface area contributed by atoms with Gasteiger partial charge in [-0.1, -0.05) is 0 Å². The lowest BCUT2D eigenvalue weighted by Crippen LogP contribution is -3.00. The zero-order chi connectivity index (χ0) is 6.78. The largest absolute Gasteiger partial charge is 1.00 e. The molecule has 0 aromatic heterocycles. The molecule has 0 aromatic rings. The van der Waals surface area contributed by atoms with Crippen molar-refractivity contribution in [2.75, 3.05) is 0 Å². The van der Waals surface area contributed by atoms with Gasteiger partial charge < -0.3 is 12.4 Å². The Morgan fingerprint density at radius 1 is 1.11 bits per heavy atom. The Kier molecular flexibility index (Phi) is 9.27. The van der Waals surface area contributed by atoms with E-state index in [-0.39, 0.29) is 12.4 Å². The lowest BCUT2D eigenvalue weighted by atomic mass is 13.9. The Hall–Kier alpha value is 2.40. The SMILES string of the molecule is ClP(Cl)[NH+]=P(Cl)(Cl)Cl.[Cl-]. The second-order valence-electron chi connectivity index (χ2n) is 0.778. The van der Waals surface area contributed by atoms with Crippen molar-refractivity contribution in [2.24, 2.45) is 0 Å². The molecule has 0 rings (SSSR count). The fraction of sp³-hybridized carbons (Fsp3) is 0. The van der Waals surface area contributed by atoms with Crippen molar-refractivity contribution in [3.05, 3.63) is 0 Å². The monoisotopic (exact) mass is 287 g/mol. The van der Waals surface area contributed by atoms with Crippen LogP contribution in [-0.4, -0.2) is 0 Å². The van der Waals surface area contributed by atoms with E-state index in [2.05, 4.69) is 4.52 Å².